The number of anilines is 2. The van der Waals surface area contributed by atoms with Crippen LogP contribution in [0.2, 0.25) is 0 Å². The van der Waals surface area contributed by atoms with Crippen molar-refractivity contribution < 1.29 is 21.6 Å². The summed E-state index contributed by atoms with van der Waals surface area (Å²) in [6.45, 7) is 5.20. The highest BCUT2D eigenvalue weighted by Gasteiger charge is 2.28. The zero-order valence-corrected chi connectivity index (χ0v) is 23.2. The molecule has 3 aromatic carbocycles. The first-order valence-corrected chi connectivity index (χ1v) is 15.6. The second kappa shape index (κ2) is 11.7. The van der Waals surface area contributed by atoms with Crippen LogP contribution in [0.1, 0.15) is 37.0 Å². The molecule has 8 nitrogen and oxygen atoms in total. The number of hydrogen-bond donors (Lipinski definition) is 1. The summed E-state index contributed by atoms with van der Waals surface area (Å²) in [6.07, 6.45) is 1.69. The van der Waals surface area contributed by atoms with E-state index in [2.05, 4.69) is 12.2 Å². The second-order valence-electron chi connectivity index (χ2n) is 9.42. The van der Waals surface area contributed by atoms with Crippen LogP contribution >= 0.6 is 0 Å². The van der Waals surface area contributed by atoms with Gasteiger partial charge < -0.3 is 5.32 Å². The van der Waals surface area contributed by atoms with E-state index >= 15 is 0 Å². The number of carbonyl (C=O) groups is 1. The smallest absolute Gasteiger partial charge is 0.264 e. The Bertz CT molecular complexity index is 1450. The molecule has 0 atom stereocenters. The standard InChI is InChI=1S/C28H33N3O5S2/c1-3-31(25-7-5-4-6-8-25)38(35,36)27-15-11-24(12-16-27)29-21-28(32)23-9-13-26(14-10-23)37(33,34)30-19-17-22(2)18-20-30/h4-16,22,29H,3,17-21H2,1-2H3. The first-order chi connectivity index (χ1) is 18.1. The van der Waals surface area contributed by atoms with E-state index in [-0.39, 0.29) is 28.7 Å². The Labute approximate surface area is 225 Å². The lowest BCUT2D eigenvalue weighted by atomic mass is 10.0. The predicted octanol–water partition coefficient (Wildman–Crippen LogP) is 4.62. The Hall–Kier alpha value is -3.21. The fraction of sp³-hybridized carbons (Fsp3) is 0.321. The Morgan fingerprint density at radius 2 is 1.45 bits per heavy atom. The highest BCUT2D eigenvalue weighted by molar-refractivity contribution is 7.92. The quantitative estimate of drug-likeness (QED) is 0.366. The molecule has 0 aliphatic carbocycles. The summed E-state index contributed by atoms with van der Waals surface area (Å²) in [5.74, 6) is 0.313. The molecule has 38 heavy (non-hydrogen) atoms. The molecular weight excluding hydrogens is 522 g/mol. The Morgan fingerprint density at radius 1 is 0.868 bits per heavy atom. The number of sulfonamides is 2. The van der Waals surface area contributed by atoms with Gasteiger partial charge in [0.25, 0.3) is 10.0 Å². The van der Waals surface area contributed by atoms with E-state index in [9.17, 15) is 21.6 Å². The first-order valence-electron chi connectivity index (χ1n) is 12.7. The minimum absolute atomic E-state index is 0.0205. The lowest BCUT2D eigenvalue weighted by Gasteiger charge is -2.29. The van der Waals surface area contributed by atoms with E-state index in [1.165, 1.54) is 45.0 Å². The van der Waals surface area contributed by atoms with Crippen molar-refractivity contribution in [2.24, 2.45) is 5.92 Å². The van der Waals surface area contributed by atoms with Gasteiger partial charge in [0.05, 0.1) is 22.0 Å². The van der Waals surface area contributed by atoms with Crippen LogP contribution in [0.25, 0.3) is 0 Å². The van der Waals surface area contributed by atoms with Gasteiger partial charge >= 0.3 is 0 Å². The minimum atomic E-state index is -3.74. The molecule has 1 saturated heterocycles. The van der Waals surface area contributed by atoms with Crippen LogP contribution in [0.4, 0.5) is 11.4 Å². The van der Waals surface area contributed by atoms with E-state index in [0.717, 1.165) is 12.8 Å². The lowest BCUT2D eigenvalue weighted by Crippen LogP contribution is -2.37. The average molecular weight is 556 g/mol. The summed E-state index contributed by atoms with van der Waals surface area (Å²) in [5, 5.41) is 3.01. The molecule has 0 saturated carbocycles. The van der Waals surface area contributed by atoms with Crippen LogP contribution in [-0.2, 0) is 20.0 Å². The number of ketones is 1. The van der Waals surface area contributed by atoms with Gasteiger partial charge in [-0.1, -0.05) is 25.1 Å². The monoisotopic (exact) mass is 555 g/mol. The topological polar surface area (TPSA) is 104 Å². The molecule has 1 aliphatic heterocycles. The summed E-state index contributed by atoms with van der Waals surface area (Å²) in [7, 11) is -7.31. The predicted molar refractivity (Wildman–Crippen MR) is 150 cm³/mol. The first kappa shape index (κ1) is 27.8. The third-order valence-corrected chi connectivity index (χ3v) is 10.6. The molecule has 3 aromatic rings. The van der Waals surface area contributed by atoms with Crippen LogP contribution in [0.15, 0.2) is 88.7 Å². The SMILES string of the molecule is CCN(c1ccccc1)S(=O)(=O)c1ccc(NCC(=O)c2ccc(S(=O)(=O)N3CCC(C)CC3)cc2)cc1. The van der Waals surface area contributed by atoms with Gasteiger partial charge in [0.2, 0.25) is 10.0 Å². The Balaban J connectivity index is 1.38. The molecule has 0 amide bonds. The highest BCUT2D eigenvalue weighted by atomic mass is 32.2. The molecule has 1 N–H and O–H groups in total. The molecule has 1 heterocycles. The molecule has 0 bridgehead atoms. The number of piperidine rings is 1. The second-order valence-corrected chi connectivity index (χ2v) is 13.2. The maximum absolute atomic E-state index is 13.1. The number of carbonyl (C=O) groups excluding carboxylic acids is 1. The lowest BCUT2D eigenvalue weighted by molar-refractivity contribution is 0.101. The van der Waals surface area contributed by atoms with E-state index in [4.69, 9.17) is 0 Å². The molecule has 1 aliphatic rings. The summed E-state index contributed by atoms with van der Waals surface area (Å²) in [6, 6.07) is 21.2. The Morgan fingerprint density at radius 3 is 2.03 bits per heavy atom. The van der Waals surface area contributed by atoms with Crippen LogP contribution in [0.5, 0.6) is 0 Å². The van der Waals surface area contributed by atoms with Crippen molar-refractivity contribution >= 4 is 37.2 Å². The molecule has 0 radical (unpaired) electrons. The molecule has 0 spiro atoms. The molecule has 10 heteroatoms. The number of hydrogen-bond acceptors (Lipinski definition) is 6. The number of Topliss-reactive ketones (excluding diaryl/α,β-unsaturated/α-hetero) is 1. The van der Waals surface area contributed by atoms with Crippen molar-refractivity contribution in [3.05, 3.63) is 84.4 Å². The van der Waals surface area contributed by atoms with Crippen LogP contribution in [-0.4, -0.2) is 53.1 Å². The number of para-hydroxylation sites is 1. The zero-order chi connectivity index (χ0) is 27.3. The Kier molecular flexibility index (Phi) is 8.54. The zero-order valence-electron chi connectivity index (χ0n) is 21.6. The fourth-order valence-electron chi connectivity index (χ4n) is 4.43. The third-order valence-electron chi connectivity index (χ3n) is 6.78. The molecule has 1 fully saturated rings. The molecule has 4 rings (SSSR count). The van der Waals surface area contributed by atoms with Crippen LogP contribution in [0, 0.1) is 5.92 Å². The van der Waals surface area contributed by atoms with Gasteiger partial charge in [0, 0.05) is 30.9 Å². The maximum atomic E-state index is 13.1. The van der Waals surface area contributed by atoms with Crippen molar-refractivity contribution in [1.29, 1.82) is 0 Å². The largest absolute Gasteiger partial charge is 0.378 e. The van der Waals surface area contributed by atoms with Crippen LogP contribution in [0.3, 0.4) is 0 Å². The normalized spacial score (nSPS) is 15.2. The van der Waals surface area contributed by atoms with Gasteiger partial charge in [0.1, 0.15) is 0 Å². The minimum Gasteiger partial charge on any atom is -0.378 e. The van der Waals surface area contributed by atoms with E-state index in [1.807, 2.05) is 6.07 Å². The van der Waals surface area contributed by atoms with E-state index < -0.39 is 20.0 Å². The number of rotatable bonds is 10. The van der Waals surface area contributed by atoms with Crippen molar-refractivity contribution in [1.82, 2.24) is 4.31 Å². The summed E-state index contributed by atoms with van der Waals surface area (Å²) < 4.78 is 55.0. The highest BCUT2D eigenvalue weighted by Crippen LogP contribution is 2.25. The van der Waals surface area contributed by atoms with Gasteiger partial charge in [-0.2, -0.15) is 4.31 Å². The maximum Gasteiger partial charge on any atom is 0.264 e. The van der Waals surface area contributed by atoms with Crippen molar-refractivity contribution in [3.8, 4) is 0 Å². The van der Waals surface area contributed by atoms with Gasteiger partial charge in [-0.05, 0) is 86.3 Å². The van der Waals surface area contributed by atoms with Gasteiger partial charge in [-0.3, -0.25) is 9.10 Å². The van der Waals surface area contributed by atoms with Crippen molar-refractivity contribution in [2.75, 3.05) is 35.8 Å². The van der Waals surface area contributed by atoms with Crippen LogP contribution < -0.4 is 9.62 Å². The van der Waals surface area contributed by atoms with Gasteiger partial charge in [-0.25, -0.2) is 16.8 Å². The van der Waals surface area contributed by atoms with E-state index in [0.29, 0.717) is 35.9 Å². The number of nitrogens with zero attached hydrogens (tertiary/aromatic N) is 2. The average Bonchev–Trinajstić information content (AvgIpc) is 2.93. The van der Waals surface area contributed by atoms with Gasteiger partial charge in [-0.15, -0.1) is 0 Å². The van der Waals surface area contributed by atoms with Gasteiger partial charge in [0.15, 0.2) is 5.78 Å². The third kappa shape index (κ3) is 6.09. The van der Waals surface area contributed by atoms with Crippen molar-refractivity contribution in [2.45, 2.75) is 36.5 Å². The molecular formula is C28H33N3O5S2. The number of benzene rings is 3. The fourth-order valence-corrected chi connectivity index (χ4v) is 7.37. The van der Waals surface area contributed by atoms with E-state index in [1.54, 1.807) is 43.3 Å². The molecule has 0 unspecified atom stereocenters. The molecule has 0 aromatic heterocycles. The number of nitrogens with one attached hydrogen (secondary N) is 1. The summed E-state index contributed by atoms with van der Waals surface area (Å²) >= 11 is 0. The summed E-state index contributed by atoms with van der Waals surface area (Å²) in [5.41, 5.74) is 1.58. The molecule has 202 valence electrons. The summed E-state index contributed by atoms with van der Waals surface area (Å²) in [4.78, 5) is 13.0. The van der Waals surface area contributed by atoms with Crippen molar-refractivity contribution in [3.63, 3.8) is 0 Å².